The number of carbonyl (C=O) groups excluding carboxylic acids is 3. The second-order valence-corrected chi connectivity index (χ2v) is 5.75. The molecule has 0 unspecified atom stereocenters. The van der Waals surface area contributed by atoms with Crippen molar-refractivity contribution in [3.05, 3.63) is 52.6 Å². The summed E-state index contributed by atoms with van der Waals surface area (Å²) in [5.74, 6) is -0.709. The maximum Gasteiger partial charge on any atom is 0.339 e. The van der Waals surface area contributed by atoms with E-state index in [0.29, 0.717) is 28.1 Å². The van der Waals surface area contributed by atoms with Gasteiger partial charge in [0.25, 0.3) is 0 Å². The molecule has 1 N–H and O–H groups in total. The Morgan fingerprint density at radius 2 is 1.92 bits per heavy atom. The number of aromatic amines is 1. The highest BCUT2D eigenvalue weighted by Crippen LogP contribution is 2.21. The lowest BCUT2D eigenvalue weighted by molar-refractivity contribution is -0.704. The summed E-state index contributed by atoms with van der Waals surface area (Å²) in [7, 11) is 1.31. The van der Waals surface area contributed by atoms with E-state index < -0.39 is 12.0 Å². The van der Waals surface area contributed by atoms with Crippen molar-refractivity contribution in [1.29, 1.82) is 0 Å². The summed E-state index contributed by atoms with van der Waals surface area (Å²) in [6.45, 7) is 6.67. The average Bonchev–Trinajstić information content (AvgIpc) is 2.87. The van der Waals surface area contributed by atoms with Gasteiger partial charge < -0.3 is 9.72 Å². The molecule has 6 nitrogen and oxygen atoms in total. The van der Waals surface area contributed by atoms with Gasteiger partial charge >= 0.3 is 5.97 Å². The molecule has 126 valence electrons. The second-order valence-electron chi connectivity index (χ2n) is 5.75. The molecule has 2 aromatic rings. The number of nitrogens with one attached hydrogen (secondary N) is 1. The van der Waals surface area contributed by atoms with E-state index in [0.717, 1.165) is 0 Å². The van der Waals surface area contributed by atoms with Crippen LogP contribution in [0.1, 0.15) is 62.4 Å². The highest BCUT2D eigenvalue weighted by atomic mass is 16.5. The summed E-state index contributed by atoms with van der Waals surface area (Å²) in [5, 5.41) is 0. The van der Waals surface area contributed by atoms with Crippen molar-refractivity contribution in [2.45, 2.75) is 33.7 Å². The van der Waals surface area contributed by atoms with Gasteiger partial charge in [-0.25, -0.2) is 4.79 Å². The largest absolute Gasteiger partial charge is 0.465 e. The lowest BCUT2D eigenvalue weighted by Gasteiger charge is -2.07. The first-order valence-electron chi connectivity index (χ1n) is 7.61. The van der Waals surface area contributed by atoms with Gasteiger partial charge in [-0.2, -0.15) is 4.57 Å². The Labute approximate surface area is 140 Å². The van der Waals surface area contributed by atoms with Crippen molar-refractivity contribution in [3.8, 4) is 0 Å². The molecule has 0 aromatic carbocycles. The maximum absolute atomic E-state index is 12.8. The van der Waals surface area contributed by atoms with E-state index in [9.17, 15) is 14.4 Å². The van der Waals surface area contributed by atoms with Crippen LogP contribution in [0, 0.1) is 13.8 Å². The normalized spacial score (nSPS) is 11.9. The van der Waals surface area contributed by atoms with Gasteiger partial charge in [0.2, 0.25) is 11.8 Å². The van der Waals surface area contributed by atoms with Gasteiger partial charge in [0, 0.05) is 18.7 Å². The van der Waals surface area contributed by atoms with E-state index >= 15 is 0 Å². The third-order valence-electron chi connectivity index (χ3n) is 4.13. The zero-order valence-electron chi connectivity index (χ0n) is 14.5. The summed E-state index contributed by atoms with van der Waals surface area (Å²) >= 11 is 0. The molecule has 0 saturated heterocycles. The van der Waals surface area contributed by atoms with Crippen LogP contribution in [0.5, 0.6) is 0 Å². The number of pyridine rings is 1. The van der Waals surface area contributed by atoms with Crippen LogP contribution in [0.25, 0.3) is 0 Å². The number of carbonyl (C=O) groups is 3. The van der Waals surface area contributed by atoms with Crippen LogP contribution in [0.3, 0.4) is 0 Å². The molecular formula is C18H21N2O4+. The van der Waals surface area contributed by atoms with Gasteiger partial charge in [0.05, 0.1) is 23.9 Å². The Morgan fingerprint density at radius 1 is 1.25 bits per heavy atom. The predicted molar refractivity (Wildman–Crippen MR) is 87.3 cm³/mol. The fourth-order valence-corrected chi connectivity index (χ4v) is 2.69. The minimum Gasteiger partial charge on any atom is -0.465 e. The Balaban J connectivity index is 2.40. The van der Waals surface area contributed by atoms with Gasteiger partial charge in [-0.05, 0) is 32.4 Å². The second kappa shape index (κ2) is 6.78. The van der Waals surface area contributed by atoms with Crippen molar-refractivity contribution >= 4 is 17.5 Å². The van der Waals surface area contributed by atoms with E-state index in [1.54, 1.807) is 49.9 Å². The summed E-state index contributed by atoms with van der Waals surface area (Å²) in [4.78, 5) is 39.2. The number of ether oxygens (including phenoxy) is 1. The minimum atomic E-state index is -0.522. The summed E-state index contributed by atoms with van der Waals surface area (Å²) in [6, 6.07) is 2.91. The number of nitrogens with zero attached hydrogens (tertiary/aromatic N) is 1. The molecular weight excluding hydrogens is 308 g/mol. The van der Waals surface area contributed by atoms with Crippen molar-refractivity contribution < 1.29 is 23.7 Å². The average molecular weight is 329 g/mol. The van der Waals surface area contributed by atoms with Crippen LogP contribution in [-0.4, -0.2) is 29.6 Å². The number of ketones is 2. The van der Waals surface area contributed by atoms with E-state index in [2.05, 4.69) is 4.98 Å². The minimum absolute atomic E-state index is 0.0659. The molecule has 0 aliphatic heterocycles. The van der Waals surface area contributed by atoms with E-state index in [1.165, 1.54) is 14.0 Å². The summed E-state index contributed by atoms with van der Waals surface area (Å²) in [6.07, 6.45) is 3.39. The van der Waals surface area contributed by atoms with E-state index in [-0.39, 0.29) is 11.6 Å². The Morgan fingerprint density at radius 3 is 2.50 bits per heavy atom. The van der Waals surface area contributed by atoms with Gasteiger partial charge in [-0.15, -0.1) is 0 Å². The molecule has 6 heteroatoms. The molecule has 0 amide bonds. The van der Waals surface area contributed by atoms with Crippen LogP contribution in [0.4, 0.5) is 0 Å². The third-order valence-corrected chi connectivity index (χ3v) is 4.13. The zero-order chi connectivity index (χ0) is 18.0. The maximum atomic E-state index is 12.8. The number of methoxy groups -OCH3 is 1. The highest BCUT2D eigenvalue weighted by molar-refractivity contribution is 6.02. The topological polar surface area (TPSA) is 80.1 Å². The molecule has 24 heavy (non-hydrogen) atoms. The number of Topliss-reactive ketones (excluding diaryl/α,β-unsaturated/α-hetero) is 2. The molecule has 0 radical (unpaired) electrons. The first-order valence-corrected chi connectivity index (χ1v) is 7.61. The van der Waals surface area contributed by atoms with E-state index in [1.807, 2.05) is 0 Å². The van der Waals surface area contributed by atoms with Crippen LogP contribution >= 0.6 is 0 Å². The fraction of sp³-hybridized carbons (Fsp3) is 0.333. The lowest BCUT2D eigenvalue weighted by Crippen LogP contribution is -2.42. The Kier molecular flexibility index (Phi) is 4.97. The van der Waals surface area contributed by atoms with Crippen LogP contribution in [0.2, 0.25) is 0 Å². The van der Waals surface area contributed by atoms with Crippen LogP contribution < -0.4 is 4.57 Å². The van der Waals surface area contributed by atoms with Crippen molar-refractivity contribution in [3.63, 3.8) is 0 Å². The molecule has 2 rings (SSSR count). The molecule has 0 bridgehead atoms. The molecule has 0 saturated carbocycles. The number of hydrogen-bond acceptors (Lipinski definition) is 4. The van der Waals surface area contributed by atoms with Gasteiger partial charge in [-0.3, -0.25) is 9.59 Å². The van der Waals surface area contributed by atoms with Crippen LogP contribution in [-0.2, 0) is 4.74 Å². The number of aryl methyl sites for hydroxylation is 1. The first kappa shape index (κ1) is 17.6. The SMILES string of the molecule is COC(=O)c1c(C)[nH]c(C(=O)[C@@H](C)[n+]2cccc(C(C)=O)c2)c1C. The Hall–Kier alpha value is -2.76. The molecule has 2 aromatic heterocycles. The molecule has 0 aliphatic carbocycles. The lowest BCUT2D eigenvalue weighted by atomic mass is 10.0. The molecule has 2 heterocycles. The van der Waals surface area contributed by atoms with Crippen LogP contribution in [0.15, 0.2) is 24.5 Å². The number of hydrogen-bond donors (Lipinski definition) is 1. The number of H-pyrrole nitrogens is 1. The predicted octanol–water partition coefficient (Wildman–Crippen LogP) is 2.35. The molecule has 0 aliphatic rings. The van der Waals surface area contributed by atoms with E-state index in [4.69, 9.17) is 4.74 Å². The van der Waals surface area contributed by atoms with Crippen molar-refractivity contribution in [1.82, 2.24) is 4.98 Å². The number of rotatable bonds is 5. The molecule has 0 spiro atoms. The summed E-state index contributed by atoms with van der Waals surface area (Å²) < 4.78 is 6.45. The zero-order valence-corrected chi connectivity index (χ0v) is 14.5. The quantitative estimate of drug-likeness (QED) is 0.519. The monoisotopic (exact) mass is 329 g/mol. The third kappa shape index (κ3) is 3.13. The molecule has 1 atom stereocenters. The summed E-state index contributed by atoms with van der Waals surface area (Å²) in [5.41, 5.74) is 2.46. The molecule has 0 fully saturated rings. The first-order chi connectivity index (χ1) is 11.3. The number of esters is 1. The van der Waals surface area contributed by atoms with Gasteiger partial charge in [0.1, 0.15) is 0 Å². The standard InChI is InChI=1S/C18H20N2O4/c1-10-15(18(23)24-5)11(2)19-16(10)17(22)12(3)20-8-6-7-14(9-20)13(4)21/h6-9,12H,1-5H3/p+1/t12-/m1/s1. The Bertz CT molecular complexity index is 820. The number of aromatic nitrogens is 2. The highest BCUT2D eigenvalue weighted by Gasteiger charge is 2.30. The van der Waals surface area contributed by atoms with Crippen molar-refractivity contribution in [2.24, 2.45) is 0 Å². The van der Waals surface area contributed by atoms with Gasteiger partial charge in [0.15, 0.2) is 18.2 Å². The fourth-order valence-electron chi connectivity index (χ4n) is 2.69. The van der Waals surface area contributed by atoms with Crippen molar-refractivity contribution in [2.75, 3.05) is 7.11 Å². The smallest absolute Gasteiger partial charge is 0.339 e. The van der Waals surface area contributed by atoms with Gasteiger partial charge in [-0.1, -0.05) is 0 Å².